The van der Waals surface area contributed by atoms with Gasteiger partial charge in [0.25, 0.3) is 0 Å². The van der Waals surface area contributed by atoms with Gasteiger partial charge in [-0.1, -0.05) is 0 Å². The number of nitrogens with one attached hydrogen (secondary N) is 2. The van der Waals surface area contributed by atoms with Crippen LogP contribution in [0.3, 0.4) is 0 Å². The molecule has 2 N–H and O–H groups in total. The Bertz CT molecular complexity index is 242. The van der Waals surface area contributed by atoms with Crippen LogP contribution in [0.4, 0.5) is 9.59 Å². The zero-order chi connectivity index (χ0) is 13.1. The van der Waals surface area contributed by atoms with Crippen LogP contribution in [-0.2, 0) is 14.3 Å². The van der Waals surface area contributed by atoms with Gasteiger partial charge in [-0.3, -0.25) is 0 Å². The van der Waals surface area contributed by atoms with Gasteiger partial charge >= 0.3 is 121 Å². The number of aldehydes is 1. The molecule has 0 bridgehead atoms. The van der Waals surface area contributed by atoms with E-state index in [9.17, 15) is 14.4 Å². The molecule has 0 aromatic rings. The number of ether oxygens (including phenoxy) is 2. The van der Waals surface area contributed by atoms with Crippen molar-refractivity contribution in [3.05, 3.63) is 0 Å². The first-order chi connectivity index (χ1) is 8.13. The molecular weight excluding hydrogens is 458 g/mol. The second-order valence-electron chi connectivity index (χ2n) is 2.66. The van der Waals surface area contributed by atoms with Crippen LogP contribution in [0.2, 0.25) is 0 Å². The van der Waals surface area contributed by atoms with Gasteiger partial charge in [0.1, 0.15) is 0 Å². The average molecular weight is 472 g/mol. The molecule has 0 heterocycles. The Labute approximate surface area is 121 Å². The van der Waals surface area contributed by atoms with Crippen molar-refractivity contribution < 1.29 is 66.8 Å². The molecule has 0 saturated heterocycles. The predicted molar refractivity (Wildman–Crippen MR) is 50.4 cm³/mol. The summed E-state index contributed by atoms with van der Waals surface area (Å²) in [5, 5.41) is 0. The number of rotatable bonds is 7. The van der Waals surface area contributed by atoms with Gasteiger partial charge in [0.15, 0.2) is 0 Å². The van der Waals surface area contributed by atoms with Crippen molar-refractivity contribution in [1.29, 1.82) is 0 Å². The molecule has 0 unspecified atom stereocenters. The number of amides is 2. The molecule has 17 heavy (non-hydrogen) atoms. The predicted octanol–water partition coefficient (Wildman–Crippen LogP) is -6.48. The van der Waals surface area contributed by atoms with Crippen LogP contribution < -0.4 is 50.0 Å². The van der Waals surface area contributed by atoms with E-state index in [-0.39, 0.29) is 13.2 Å². The second-order valence-corrected chi connectivity index (χ2v) is 5.90. The van der Waals surface area contributed by atoms with E-state index in [2.05, 4.69) is 7.06 Å². The topological polar surface area (TPSA) is 93.7 Å². The first-order valence-corrected chi connectivity index (χ1v) is 10.9. The summed E-state index contributed by atoms with van der Waals surface area (Å²) in [6.07, 6.45) is -0.491. The van der Waals surface area contributed by atoms with E-state index >= 15 is 0 Å². The van der Waals surface area contributed by atoms with Crippen molar-refractivity contribution in [3.63, 3.8) is 0 Å². The van der Waals surface area contributed by atoms with Crippen molar-refractivity contribution >= 4 is 18.5 Å². The fourth-order valence-corrected chi connectivity index (χ4v) is 1.89. The van der Waals surface area contributed by atoms with Crippen molar-refractivity contribution in [2.24, 2.45) is 5.92 Å². The molecule has 0 aliphatic rings. The minimum atomic E-state index is -0.628. The molecule has 0 spiro atoms. The molecular formula is C8H14I2N2O5-2. The van der Waals surface area contributed by atoms with Gasteiger partial charge in [0.2, 0.25) is 0 Å². The molecule has 0 aromatic heterocycles. The molecule has 0 rings (SSSR count). The Hall–Kier alpha value is -0.330. The summed E-state index contributed by atoms with van der Waals surface area (Å²) in [6.45, 7) is -0.180. The second kappa shape index (κ2) is 10.8. The molecule has 102 valence electrons. The number of hydrogen-bond acceptors (Lipinski definition) is 5. The van der Waals surface area contributed by atoms with Gasteiger partial charge in [0, 0.05) is 0 Å². The van der Waals surface area contributed by atoms with E-state index in [1.807, 2.05) is 9.86 Å². The summed E-state index contributed by atoms with van der Waals surface area (Å²) in [7, 11) is 0. The van der Waals surface area contributed by atoms with Crippen molar-refractivity contribution in [1.82, 2.24) is 7.06 Å². The third-order valence-electron chi connectivity index (χ3n) is 1.39. The molecule has 2 amide bonds. The van der Waals surface area contributed by atoms with E-state index in [0.29, 0.717) is 6.29 Å². The Morgan fingerprint density at radius 2 is 1.53 bits per heavy atom. The summed E-state index contributed by atoms with van der Waals surface area (Å²) in [4.78, 5) is 36.3. The van der Waals surface area contributed by atoms with E-state index < -0.39 is 61.1 Å². The van der Waals surface area contributed by atoms with E-state index in [1.54, 1.807) is 0 Å². The molecule has 9 heteroatoms. The SMILES string of the molecule is C[I-]NC(=O)OCC(C=O)COC(=O)N[I-]C. The first-order valence-electron chi connectivity index (χ1n) is 4.41. The zero-order valence-corrected chi connectivity index (χ0v) is 13.7. The van der Waals surface area contributed by atoms with E-state index in [1.165, 1.54) is 0 Å². The number of halogens is 2. The first kappa shape index (κ1) is 16.7. The van der Waals surface area contributed by atoms with Crippen molar-refractivity contribution in [2.45, 2.75) is 0 Å². The van der Waals surface area contributed by atoms with Crippen LogP contribution in [-0.4, -0.2) is 41.5 Å². The number of alkyl halides is 2. The fourth-order valence-electron chi connectivity index (χ4n) is 0.701. The van der Waals surface area contributed by atoms with Gasteiger partial charge in [0.05, 0.1) is 0 Å². The molecule has 0 fully saturated rings. The third kappa shape index (κ3) is 9.38. The van der Waals surface area contributed by atoms with Crippen LogP contribution in [0.15, 0.2) is 0 Å². The summed E-state index contributed by atoms with van der Waals surface area (Å²) < 4.78 is 14.6. The Morgan fingerprint density at radius 1 is 1.12 bits per heavy atom. The number of carbonyl (C=O) groups excluding carboxylic acids is 3. The normalized spacial score (nSPS) is 10.1. The minimum absolute atomic E-state index is 0.0898. The van der Waals surface area contributed by atoms with Gasteiger partial charge in [-0.15, -0.1) is 0 Å². The van der Waals surface area contributed by atoms with Crippen LogP contribution in [0.5, 0.6) is 0 Å². The molecule has 0 aliphatic carbocycles. The van der Waals surface area contributed by atoms with Crippen LogP contribution in [0.25, 0.3) is 0 Å². The van der Waals surface area contributed by atoms with E-state index in [0.717, 1.165) is 0 Å². The molecule has 0 atom stereocenters. The van der Waals surface area contributed by atoms with Gasteiger partial charge < -0.3 is 0 Å². The molecule has 0 aromatic carbocycles. The van der Waals surface area contributed by atoms with E-state index in [4.69, 9.17) is 9.47 Å². The number of hydrogen-bond donors (Lipinski definition) is 2. The maximum atomic E-state index is 11.0. The summed E-state index contributed by atoms with van der Waals surface area (Å²) in [5.74, 6) is -0.628. The fraction of sp³-hybridized carbons (Fsp3) is 0.625. The number of carbonyl (C=O) groups is 3. The Kier molecular flexibility index (Phi) is 10.6. The summed E-state index contributed by atoms with van der Waals surface area (Å²) in [6, 6.07) is 0. The van der Waals surface area contributed by atoms with Crippen LogP contribution >= 0.6 is 0 Å². The molecule has 0 radical (unpaired) electrons. The van der Waals surface area contributed by atoms with Gasteiger partial charge in [-0.2, -0.15) is 0 Å². The van der Waals surface area contributed by atoms with Gasteiger partial charge in [-0.05, 0) is 0 Å². The van der Waals surface area contributed by atoms with Crippen molar-refractivity contribution in [3.8, 4) is 0 Å². The Morgan fingerprint density at radius 3 is 1.82 bits per heavy atom. The quantitative estimate of drug-likeness (QED) is 0.167. The third-order valence-corrected chi connectivity index (χ3v) is 3.35. The zero-order valence-electron chi connectivity index (χ0n) is 9.37. The van der Waals surface area contributed by atoms with Crippen LogP contribution in [0.1, 0.15) is 0 Å². The molecule has 0 aliphatic heterocycles. The average Bonchev–Trinajstić information content (AvgIpc) is 2.30. The standard InChI is InChI=1S/C8H14I2N2O5/c1-9-11-7(14)16-4-6(3-13)5-17-8(15)12-10-2/h3,6H,4-5H2,1-2H3,(H,11,14)(H,12,15)/q-2. The summed E-state index contributed by atoms with van der Waals surface area (Å²) >= 11 is -0.797. The molecule has 0 saturated carbocycles. The Balaban J connectivity index is 3.80. The monoisotopic (exact) mass is 472 g/mol. The van der Waals surface area contributed by atoms with Gasteiger partial charge in [-0.25, -0.2) is 0 Å². The van der Waals surface area contributed by atoms with Crippen LogP contribution in [0, 0.1) is 5.92 Å². The summed E-state index contributed by atoms with van der Waals surface area (Å²) in [5.41, 5.74) is 0. The molecule has 7 nitrogen and oxygen atoms in total. The van der Waals surface area contributed by atoms with Crippen molar-refractivity contribution in [2.75, 3.05) is 23.1 Å². The maximum absolute atomic E-state index is 11.0.